The molecule has 1 aromatic carbocycles. The van der Waals surface area contributed by atoms with Gasteiger partial charge in [-0.1, -0.05) is 32.4 Å². The van der Waals surface area contributed by atoms with E-state index in [-0.39, 0.29) is 10.5 Å². The van der Waals surface area contributed by atoms with Crippen LogP contribution in [-0.4, -0.2) is 18.4 Å². The molecule has 6 nitrogen and oxygen atoms in total. The van der Waals surface area contributed by atoms with Crippen LogP contribution in [-0.2, 0) is 16.4 Å². The molecule has 0 aliphatic carbocycles. The minimum atomic E-state index is -3.70. The molecule has 3 N–H and O–H groups in total. The molecule has 0 amide bonds. The maximum Gasteiger partial charge on any atom is 0.251 e. The number of H-pyrrole nitrogens is 1. The summed E-state index contributed by atoms with van der Waals surface area (Å²) in [7, 11) is -3.70. The number of hydrogen-bond acceptors (Lipinski definition) is 4. The Morgan fingerprint density at radius 1 is 1.25 bits per heavy atom. The molecule has 0 atom stereocenters. The molecule has 0 aliphatic heterocycles. The van der Waals surface area contributed by atoms with Crippen LogP contribution in [0.1, 0.15) is 43.8 Å². The molecule has 0 fully saturated rings. The molecule has 2 aromatic rings. The minimum Gasteiger partial charge on any atom is -0.307 e. The van der Waals surface area contributed by atoms with Gasteiger partial charge < -0.3 is 4.98 Å². The van der Waals surface area contributed by atoms with Crippen LogP contribution in [0.5, 0.6) is 0 Å². The molecule has 0 aliphatic rings. The van der Waals surface area contributed by atoms with E-state index in [0.717, 1.165) is 29.7 Å². The Morgan fingerprint density at radius 3 is 2.46 bits per heavy atom. The van der Waals surface area contributed by atoms with Crippen molar-refractivity contribution in [2.75, 3.05) is 0 Å². The van der Waals surface area contributed by atoms with Gasteiger partial charge in [0.05, 0.1) is 4.90 Å². The Bertz CT molecular complexity index is 897. The van der Waals surface area contributed by atoms with E-state index in [1.54, 1.807) is 12.1 Å². The van der Waals surface area contributed by atoms with Crippen molar-refractivity contribution in [2.45, 2.75) is 38.0 Å². The second-order valence-corrected chi connectivity index (χ2v) is 7.03. The average Bonchev–Trinajstić information content (AvgIpc) is 2.52. The molecule has 0 bridgehead atoms. The third-order valence-electron chi connectivity index (χ3n) is 3.54. The summed E-state index contributed by atoms with van der Waals surface area (Å²) in [6.07, 6.45) is 4.21. The third kappa shape index (κ3) is 4.62. The number of nitrogens with zero attached hydrogens (tertiary/aromatic N) is 1. The second kappa shape index (κ2) is 7.55. The Balaban J connectivity index is 2.41. The van der Waals surface area contributed by atoms with Crippen LogP contribution in [0.3, 0.4) is 0 Å². The zero-order valence-corrected chi connectivity index (χ0v) is 14.6. The molecule has 2 rings (SSSR count). The van der Waals surface area contributed by atoms with Crippen molar-refractivity contribution >= 4 is 21.7 Å². The summed E-state index contributed by atoms with van der Waals surface area (Å²) in [4.78, 5) is 19.1. The molecule has 0 radical (unpaired) electrons. The highest BCUT2D eigenvalue weighted by Crippen LogP contribution is 2.19. The Morgan fingerprint density at radius 2 is 1.92 bits per heavy atom. The first kappa shape index (κ1) is 18.1. The summed E-state index contributed by atoms with van der Waals surface area (Å²) < 4.78 is 22.6. The van der Waals surface area contributed by atoms with E-state index in [2.05, 4.69) is 9.97 Å². The number of benzene rings is 1. The minimum absolute atomic E-state index is 0.0640. The van der Waals surface area contributed by atoms with E-state index in [9.17, 15) is 13.2 Å². The van der Waals surface area contributed by atoms with Gasteiger partial charge in [-0.3, -0.25) is 4.79 Å². The largest absolute Gasteiger partial charge is 0.307 e. The van der Waals surface area contributed by atoms with E-state index in [4.69, 9.17) is 5.14 Å². The number of nitrogens with one attached hydrogen (secondary N) is 1. The molecular weight excluding hydrogens is 326 g/mol. The monoisotopic (exact) mass is 347 g/mol. The molecule has 24 heavy (non-hydrogen) atoms. The van der Waals surface area contributed by atoms with E-state index in [1.165, 1.54) is 18.2 Å². The number of primary sulfonamides is 1. The first-order valence-corrected chi connectivity index (χ1v) is 9.32. The van der Waals surface area contributed by atoms with Gasteiger partial charge in [-0.25, -0.2) is 18.5 Å². The zero-order valence-electron chi connectivity index (χ0n) is 13.7. The lowest BCUT2D eigenvalue weighted by molar-refractivity contribution is 0.598. The SMILES string of the molecule is CCCc1cc(=O)[nH]c(C(=Cc2ccc(S(N)(=O)=O)cc2)CC)n1. The van der Waals surface area contributed by atoms with Gasteiger partial charge in [0, 0.05) is 11.8 Å². The Labute approximate surface area is 141 Å². The normalized spacial score (nSPS) is 12.4. The topological polar surface area (TPSA) is 106 Å². The molecule has 128 valence electrons. The number of aromatic nitrogens is 2. The third-order valence-corrected chi connectivity index (χ3v) is 4.46. The van der Waals surface area contributed by atoms with Gasteiger partial charge in [0.2, 0.25) is 10.0 Å². The van der Waals surface area contributed by atoms with Crippen molar-refractivity contribution in [3.8, 4) is 0 Å². The molecule has 0 spiro atoms. The van der Waals surface area contributed by atoms with E-state index < -0.39 is 10.0 Å². The molecule has 0 saturated carbocycles. The van der Waals surface area contributed by atoms with Gasteiger partial charge in [0.15, 0.2) is 0 Å². The van der Waals surface area contributed by atoms with Crippen molar-refractivity contribution in [1.82, 2.24) is 9.97 Å². The van der Waals surface area contributed by atoms with Gasteiger partial charge in [-0.2, -0.15) is 0 Å². The van der Waals surface area contributed by atoms with Crippen molar-refractivity contribution in [3.63, 3.8) is 0 Å². The fourth-order valence-electron chi connectivity index (χ4n) is 2.34. The number of rotatable bonds is 6. The van der Waals surface area contributed by atoms with Crippen molar-refractivity contribution in [2.24, 2.45) is 5.14 Å². The van der Waals surface area contributed by atoms with E-state index in [1.807, 2.05) is 19.9 Å². The van der Waals surface area contributed by atoms with Crippen LogP contribution < -0.4 is 10.7 Å². The summed E-state index contributed by atoms with van der Waals surface area (Å²) in [6.45, 7) is 4.00. The highest BCUT2D eigenvalue weighted by atomic mass is 32.2. The number of allylic oxidation sites excluding steroid dienone is 1. The molecule has 0 saturated heterocycles. The fraction of sp³-hybridized carbons (Fsp3) is 0.294. The van der Waals surface area contributed by atoms with Crippen LogP contribution in [0.4, 0.5) is 0 Å². The summed E-state index contributed by atoms with van der Waals surface area (Å²) >= 11 is 0. The van der Waals surface area contributed by atoms with Crippen LogP contribution >= 0.6 is 0 Å². The van der Waals surface area contributed by atoms with Gasteiger partial charge >= 0.3 is 0 Å². The van der Waals surface area contributed by atoms with E-state index >= 15 is 0 Å². The summed E-state index contributed by atoms with van der Waals surface area (Å²) in [5.41, 5.74) is 2.27. The van der Waals surface area contributed by atoms with Gasteiger partial charge in [0.1, 0.15) is 5.82 Å². The first-order chi connectivity index (χ1) is 11.3. The lowest BCUT2D eigenvalue weighted by Crippen LogP contribution is -2.12. The first-order valence-electron chi connectivity index (χ1n) is 7.77. The Kier molecular flexibility index (Phi) is 5.69. The quantitative estimate of drug-likeness (QED) is 0.836. The zero-order chi connectivity index (χ0) is 17.7. The van der Waals surface area contributed by atoms with Gasteiger partial charge in [0.25, 0.3) is 5.56 Å². The Hall–Kier alpha value is -2.25. The number of aromatic amines is 1. The highest BCUT2D eigenvalue weighted by Gasteiger charge is 2.08. The lowest BCUT2D eigenvalue weighted by atomic mass is 10.1. The highest BCUT2D eigenvalue weighted by molar-refractivity contribution is 7.89. The van der Waals surface area contributed by atoms with Crippen molar-refractivity contribution in [1.29, 1.82) is 0 Å². The predicted octanol–water partition coefficient (Wildman–Crippen LogP) is 2.32. The van der Waals surface area contributed by atoms with Crippen molar-refractivity contribution < 1.29 is 8.42 Å². The predicted molar refractivity (Wildman–Crippen MR) is 94.8 cm³/mol. The van der Waals surface area contributed by atoms with Crippen LogP contribution in [0.2, 0.25) is 0 Å². The molecule has 7 heteroatoms. The second-order valence-electron chi connectivity index (χ2n) is 5.47. The average molecular weight is 347 g/mol. The molecular formula is C17H21N3O3S. The summed E-state index contributed by atoms with van der Waals surface area (Å²) in [5, 5.41) is 5.09. The van der Waals surface area contributed by atoms with Crippen LogP contribution in [0.25, 0.3) is 11.6 Å². The maximum absolute atomic E-state index is 11.8. The fourth-order valence-corrected chi connectivity index (χ4v) is 2.85. The van der Waals surface area contributed by atoms with Crippen LogP contribution in [0.15, 0.2) is 40.0 Å². The smallest absolute Gasteiger partial charge is 0.251 e. The molecule has 1 heterocycles. The standard InChI is InChI=1S/C17H21N3O3S/c1-3-5-14-11-16(21)20-17(19-14)13(4-2)10-12-6-8-15(9-7-12)24(18,22)23/h6-11H,3-5H2,1-2H3,(H2,18,22,23)(H,19,20,21). The summed E-state index contributed by atoms with van der Waals surface area (Å²) in [5.74, 6) is 0.545. The van der Waals surface area contributed by atoms with Gasteiger partial charge in [-0.15, -0.1) is 0 Å². The lowest BCUT2D eigenvalue weighted by Gasteiger charge is -2.07. The molecule has 0 unspecified atom stereocenters. The van der Waals surface area contributed by atoms with Crippen LogP contribution in [0, 0.1) is 0 Å². The molecule has 1 aromatic heterocycles. The van der Waals surface area contributed by atoms with Crippen molar-refractivity contribution in [3.05, 3.63) is 57.8 Å². The van der Waals surface area contributed by atoms with E-state index in [0.29, 0.717) is 12.2 Å². The number of sulfonamides is 1. The van der Waals surface area contributed by atoms with Gasteiger partial charge in [-0.05, 0) is 42.2 Å². The maximum atomic E-state index is 11.8. The number of aryl methyl sites for hydroxylation is 1. The summed E-state index contributed by atoms with van der Waals surface area (Å²) in [6, 6.07) is 7.77. The number of hydrogen-bond donors (Lipinski definition) is 2. The number of nitrogens with two attached hydrogens (primary N) is 1.